The van der Waals surface area contributed by atoms with Gasteiger partial charge >= 0.3 is 0 Å². The van der Waals surface area contributed by atoms with Gasteiger partial charge in [-0.05, 0) is 44.6 Å². The lowest BCUT2D eigenvalue weighted by atomic mass is 10.2. The Morgan fingerprint density at radius 3 is 2.26 bits per heavy atom. The lowest BCUT2D eigenvalue weighted by molar-refractivity contribution is -0.122. The molecule has 130 valence electrons. The average molecular weight is 322 g/mol. The van der Waals surface area contributed by atoms with Crippen LogP contribution >= 0.6 is 0 Å². The van der Waals surface area contributed by atoms with Crippen LogP contribution in [0.2, 0.25) is 0 Å². The Bertz CT molecular complexity index is 428. The summed E-state index contributed by atoms with van der Waals surface area (Å²) in [5.74, 6) is 0.178. The molecule has 2 saturated carbocycles. The van der Waals surface area contributed by atoms with Gasteiger partial charge in [0.1, 0.15) is 0 Å². The fourth-order valence-electron chi connectivity index (χ4n) is 2.22. The van der Waals surface area contributed by atoms with Crippen LogP contribution in [0.25, 0.3) is 0 Å². The molecule has 2 unspecified atom stereocenters. The largest absolute Gasteiger partial charge is 0.359 e. The van der Waals surface area contributed by atoms with E-state index in [0.717, 1.165) is 51.4 Å². The highest BCUT2D eigenvalue weighted by Crippen LogP contribution is 2.28. The highest BCUT2D eigenvalue weighted by molar-refractivity contribution is 5.87. The van der Waals surface area contributed by atoms with Crippen LogP contribution < -0.4 is 10.6 Å². The monoisotopic (exact) mass is 322 g/mol. The summed E-state index contributed by atoms with van der Waals surface area (Å²) >= 11 is 0. The Morgan fingerprint density at radius 1 is 1.04 bits per heavy atom. The zero-order valence-electron chi connectivity index (χ0n) is 14.3. The minimum atomic E-state index is -0.120. The second kappa shape index (κ2) is 9.06. The molecular formula is C18H30N2O3. The summed E-state index contributed by atoms with van der Waals surface area (Å²) in [4.78, 5) is 22.3. The molecule has 2 aliphatic carbocycles. The highest BCUT2D eigenvalue weighted by atomic mass is 16.6. The van der Waals surface area contributed by atoms with Gasteiger partial charge in [-0.25, -0.2) is 0 Å². The summed E-state index contributed by atoms with van der Waals surface area (Å²) in [6.07, 6.45) is 12.5. The first-order valence-electron chi connectivity index (χ1n) is 9.06. The maximum absolute atomic E-state index is 11.3. The van der Waals surface area contributed by atoms with E-state index < -0.39 is 0 Å². The second-order valence-electron chi connectivity index (χ2n) is 6.64. The van der Waals surface area contributed by atoms with Crippen molar-refractivity contribution in [3.63, 3.8) is 0 Å². The summed E-state index contributed by atoms with van der Waals surface area (Å²) in [6.45, 7) is 4.21. The normalized spacial score (nSPS) is 25.5. The van der Waals surface area contributed by atoms with E-state index in [1.807, 2.05) is 6.08 Å². The van der Waals surface area contributed by atoms with Gasteiger partial charge in [0.2, 0.25) is 5.91 Å². The Balaban J connectivity index is 0.000000168. The molecule has 1 heterocycles. The van der Waals surface area contributed by atoms with Crippen molar-refractivity contribution < 1.29 is 14.3 Å². The highest BCUT2D eigenvalue weighted by Gasteiger charge is 2.45. The molecule has 2 N–H and O–H groups in total. The van der Waals surface area contributed by atoms with E-state index >= 15 is 0 Å². The van der Waals surface area contributed by atoms with E-state index in [0.29, 0.717) is 12.1 Å². The molecule has 0 spiro atoms. The van der Waals surface area contributed by atoms with Crippen molar-refractivity contribution in [2.24, 2.45) is 0 Å². The zero-order valence-corrected chi connectivity index (χ0v) is 14.3. The summed E-state index contributed by atoms with van der Waals surface area (Å²) < 4.78 is 5.24. The number of hydrogen-bond donors (Lipinski definition) is 2. The number of amides is 2. The van der Waals surface area contributed by atoms with Crippen molar-refractivity contribution in [1.82, 2.24) is 10.6 Å². The fourth-order valence-corrected chi connectivity index (χ4v) is 2.22. The second-order valence-corrected chi connectivity index (χ2v) is 6.64. The van der Waals surface area contributed by atoms with Crippen molar-refractivity contribution >= 4 is 11.8 Å². The molecule has 3 rings (SSSR count). The lowest BCUT2D eigenvalue weighted by Crippen LogP contribution is -2.30. The molecule has 5 nitrogen and oxygen atoms in total. The summed E-state index contributed by atoms with van der Waals surface area (Å²) in [7, 11) is 0. The quantitative estimate of drug-likeness (QED) is 0.533. The van der Waals surface area contributed by atoms with Crippen LogP contribution in [0.3, 0.4) is 0 Å². The summed E-state index contributed by atoms with van der Waals surface area (Å²) in [6, 6.07) is 0.942. The van der Waals surface area contributed by atoms with Gasteiger partial charge in [0.25, 0.3) is 5.91 Å². The van der Waals surface area contributed by atoms with Crippen molar-refractivity contribution in [1.29, 1.82) is 0 Å². The van der Waals surface area contributed by atoms with E-state index in [9.17, 15) is 9.59 Å². The van der Waals surface area contributed by atoms with Crippen LogP contribution in [0.5, 0.6) is 0 Å². The Labute approximate surface area is 139 Å². The third-order valence-corrected chi connectivity index (χ3v) is 3.99. The first-order valence-corrected chi connectivity index (χ1v) is 9.06. The molecule has 3 aliphatic rings. The smallest absolute Gasteiger partial charge is 0.252 e. The number of nitrogens with one attached hydrogen (secondary N) is 2. The SMILES string of the molecule is CCC/C=C/C(=O)NC1CC1.CCCC1OC1C(=O)NC1CC1. The molecule has 0 aromatic carbocycles. The number of unbranched alkanes of at least 4 members (excludes halogenated alkanes) is 1. The van der Waals surface area contributed by atoms with Crippen LogP contribution in [0.1, 0.15) is 65.2 Å². The number of ether oxygens (including phenoxy) is 1. The molecule has 0 bridgehead atoms. The van der Waals surface area contributed by atoms with Crippen LogP contribution in [0.15, 0.2) is 12.2 Å². The summed E-state index contributed by atoms with van der Waals surface area (Å²) in [5, 5.41) is 5.83. The van der Waals surface area contributed by atoms with Crippen molar-refractivity contribution in [2.45, 2.75) is 89.5 Å². The number of hydrogen-bond acceptors (Lipinski definition) is 3. The van der Waals surface area contributed by atoms with Crippen LogP contribution in [-0.2, 0) is 14.3 Å². The molecule has 0 radical (unpaired) electrons. The Hall–Kier alpha value is -1.36. The maximum atomic E-state index is 11.3. The lowest BCUT2D eigenvalue weighted by Gasteiger charge is -1.97. The molecule has 3 fully saturated rings. The minimum absolute atomic E-state index is 0.0703. The van der Waals surface area contributed by atoms with Crippen molar-refractivity contribution in [3.05, 3.63) is 12.2 Å². The average Bonchev–Trinajstić information content (AvgIpc) is 3.31. The Morgan fingerprint density at radius 2 is 1.70 bits per heavy atom. The van der Waals surface area contributed by atoms with Gasteiger partial charge < -0.3 is 15.4 Å². The number of allylic oxidation sites excluding steroid dienone is 1. The number of epoxide rings is 1. The van der Waals surface area contributed by atoms with Crippen LogP contribution in [-0.4, -0.2) is 36.1 Å². The molecule has 2 amide bonds. The number of rotatable bonds is 8. The van der Waals surface area contributed by atoms with E-state index in [2.05, 4.69) is 24.5 Å². The summed E-state index contributed by atoms with van der Waals surface area (Å²) in [5.41, 5.74) is 0. The van der Waals surface area contributed by atoms with E-state index in [-0.39, 0.29) is 24.0 Å². The topological polar surface area (TPSA) is 70.7 Å². The van der Waals surface area contributed by atoms with Gasteiger partial charge in [-0.3, -0.25) is 9.59 Å². The minimum Gasteiger partial charge on any atom is -0.359 e. The van der Waals surface area contributed by atoms with Gasteiger partial charge in [-0.2, -0.15) is 0 Å². The van der Waals surface area contributed by atoms with Crippen molar-refractivity contribution in [3.8, 4) is 0 Å². The molecule has 23 heavy (non-hydrogen) atoms. The third kappa shape index (κ3) is 7.64. The first kappa shape index (κ1) is 18.0. The zero-order chi connectivity index (χ0) is 16.7. The van der Waals surface area contributed by atoms with E-state index in [4.69, 9.17) is 4.74 Å². The molecule has 5 heteroatoms. The van der Waals surface area contributed by atoms with E-state index in [1.165, 1.54) is 0 Å². The van der Waals surface area contributed by atoms with E-state index in [1.54, 1.807) is 6.08 Å². The standard InChI is InChI=1S/C9H15NO2.C9H15NO/c1-2-3-7-8(12-7)9(11)10-6-4-5-6;1-2-3-4-5-9(11)10-8-6-7-8/h6-8H,2-5H2,1H3,(H,10,11);4-5,8H,2-3,6-7H2,1H3,(H,10,11)/b;5-4+. The van der Waals surface area contributed by atoms with Gasteiger partial charge in [0.05, 0.1) is 6.10 Å². The molecular weight excluding hydrogens is 292 g/mol. The van der Waals surface area contributed by atoms with Gasteiger partial charge in [0, 0.05) is 12.1 Å². The molecule has 1 saturated heterocycles. The number of carbonyl (C=O) groups excluding carboxylic acids is 2. The Kier molecular flexibility index (Phi) is 7.09. The van der Waals surface area contributed by atoms with Crippen LogP contribution in [0, 0.1) is 0 Å². The molecule has 1 aliphatic heterocycles. The predicted molar refractivity (Wildman–Crippen MR) is 89.9 cm³/mol. The fraction of sp³-hybridized carbons (Fsp3) is 0.778. The van der Waals surface area contributed by atoms with Crippen molar-refractivity contribution in [2.75, 3.05) is 0 Å². The molecule has 0 aromatic heterocycles. The third-order valence-electron chi connectivity index (χ3n) is 3.99. The maximum Gasteiger partial charge on any atom is 0.252 e. The van der Waals surface area contributed by atoms with Crippen LogP contribution in [0.4, 0.5) is 0 Å². The van der Waals surface area contributed by atoms with Gasteiger partial charge in [-0.15, -0.1) is 0 Å². The predicted octanol–water partition coefficient (Wildman–Crippen LogP) is 2.45. The number of carbonyl (C=O) groups is 2. The molecule has 2 atom stereocenters. The van der Waals surface area contributed by atoms with Gasteiger partial charge in [0.15, 0.2) is 6.10 Å². The van der Waals surface area contributed by atoms with Gasteiger partial charge in [-0.1, -0.05) is 32.8 Å². The first-order chi connectivity index (χ1) is 11.1. The molecule has 0 aromatic rings.